The molecule has 0 fully saturated rings. The van der Waals surface area contributed by atoms with Crippen LogP contribution in [0.2, 0.25) is 0 Å². The van der Waals surface area contributed by atoms with Crippen molar-refractivity contribution in [3.63, 3.8) is 0 Å². The number of rotatable bonds is 4. The van der Waals surface area contributed by atoms with E-state index in [1.165, 1.54) is 0 Å². The molecular formula is C19H19NO5S. The molecule has 26 heavy (non-hydrogen) atoms. The summed E-state index contributed by atoms with van der Waals surface area (Å²) in [7, 11) is -1.85. The van der Waals surface area contributed by atoms with Gasteiger partial charge in [-0.05, 0) is 36.8 Å². The molecular weight excluding hydrogens is 354 g/mol. The van der Waals surface area contributed by atoms with Crippen LogP contribution in [-0.2, 0) is 21.1 Å². The van der Waals surface area contributed by atoms with Gasteiger partial charge in [0.2, 0.25) is 0 Å². The fourth-order valence-electron chi connectivity index (χ4n) is 3.56. The van der Waals surface area contributed by atoms with Crippen molar-refractivity contribution in [3.05, 3.63) is 53.1 Å². The molecule has 1 atom stereocenters. The normalized spacial score (nSPS) is 20.2. The summed E-state index contributed by atoms with van der Waals surface area (Å²) in [5, 5.41) is 0. The van der Waals surface area contributed by atoms with Crippen molar-refractivity contribution in [3.8, 4) is 5.75 Å². The Kier molecular flexibility index (Phi) is 4.00. The molecule has 2 aromatic carbocycles. The van der Waals surface area contributed by atoms with Crippen LogP contribution in [0.15, 0.2) is 41.3 Å². The summed E-state index contributed by atoms with van der Waals surface area (Å²) < 4.78 is 35.7. The minimum Gasteiger partial charge on any atom is -0.497 e. The number of hydrogen-bond donors (Lipinski definition) is 0. The van der Waals surface area contributed by atoms with Crippen LogP contribution < -0.4 is 9.64 Å². The molecule has 136 valence electrons. The van der Waals surface area contributed by atoms with Crippen LogP contribution >= 0.6 is 0 Å². The molecule has 0 radical (unpaired) electrons. The highest BCUT2D eigenvalue weighted by Crippen LogP contribution is 2.39. The Morgan fingerprint density at radius 1 is 1.19 bits per heavy atom. The van der Waals surface area contributed by atoms with E-state index in [2.05, 4.69) is 0 Å². The van der Waals surface area contributed by atoms with E-state index in [-0.39, 0.29) is 16.6 Å². The highest BCUT2D eigenvalue weighted by atomic mass is 32.2. The third kappa shape index (κ3) is 2.59. The SMILES string of the molecule is CCOC1CS(=O)(=O)c2cc(N3Cc4ccc(OC)cc4C3=O)ccc21. The van der Waals surface area contributed by atoms with Gasteiger partial charge in [-0.1, -0.05) is 12.1 Å². The molecule has 0 aliphatic carbocycles. The fraction of sp³-hybridized carbons (Fsp3) is 0.316. The second-order valence-corrected chi connectivity index (χ2v) is 8.36. The van der Waals surface area contributed by atoms with Crippen molar-refractivity contribution in [1.82, 2.24) is 0 Å². The smallest absolute Gasteiger partial charge is 0.259 e. The van der Waals surface area contributed by atoms with E-state index in [1.807, 2.05) is 19.1 Å². The Balaban J connectivity index is 1.72. The lowest BCUT2D eigenvalue weighted by Crippen LogP contribution is -2.23. The van der Waals surface area contributed by atoms with E-state index < -0.39 is 15.9 Å². The minimum atomic E-state index is -3.41. The van der Waals surface area contributed by atoms with Crippen molar-refractivity contribution in [2.24, 2.45) is 0 Å². The summed E-state index contributed by atoms with van der Waals surface area (Å²) in [6.07, 6.45) is -0.440. The van der Waals surface area contributed by atoms with E-state index in [9.17, 15) is 13.2 Å². The van der Waals surface area contributed by atoms with Crippen molar-refractivity contribution < 1.29 is 22.7 Å². The van der Waals surface area contributed by atoms with Gasteiger partial charge in [0.15, 0.2) is 9.84 Å². The van der Waals surface area contributed by atoms with Crippen LogP contribution in [0, 0.1) is 0 Å². The van der Waals surface area contributed by atoms with Crippen LogP contribution in [0.5, 0.6) is 5.75 Å². The molecule has 0 spiro atoms. The van der Waals surface area contributed by atoms with Gasteiger partial charge in [-0.2, -0.15) is 0 Å². The molecule has 6 nitrogen and oxygen atoms in total. The maximum atomic E-state index is 12.8. The van der Waals surface area contributed by atoms with E-state index in [4.69, 9.17) is 9.47 Å². The number of carbonyl (C=O) groups excluding carboxylic acids is 1. The van der Waals surface area contributed by atoms with Gasteiger partial charge in [0.25, 0.3) is 5.91 Å². The van der Waals surface area contributed by atoms with Gasteiger partial charge in [-0.15, -0.1) is 0 Å². The van der Waals surface area contributed by atoms with Crippen LogP contribution in [0.25, 0.3) is 0 Å². The van der Waals surface area contributed by atoms with Crippen LogP contribution in [0.3, 0.4) is 0 Å². The lowest BCUT2D eigenvalue weighted by atomic mass is 10.1. The van der Waals surface area contributed by atoms with Gasteiger partial charge >= 0.3 is 0 Å². The molecule has 2 aliphatic rings. The lowest BCUT2D eigenvalue weighted by molar-refractivity contribution is 0.0800. The number of fused-ring (bicyclic) bond motifs is 2. The highest BCUT2D eigenvalue weighted by Gasteiger charge is 2.37. The summed E-state index contributed by atoms with van der Waals surface area (Å²) in [5.41, 5.74) is 2.72. The predicted octanol–water partition coefficient (Wildman–Crippen LogP) is 2.72. The topological polar surface area (TPSA) is 72.9 Å². The molecule has 1 unspecified atom stereocenters. The molecule has 2 aliphatic heterocycles. The molecule has 0 N–H and O–H groups in total. The first-order chi connectivity index (χ1) is 12.4. The molecule has 0 bridgehead atoms. The van der Waals surface area contributed by atoms with E-state index in [0.29, 0.717) is 35.7 Å². The number of methoxy groups -OCH3 is 1. The van der Waals surface area contributed by atoms with Gasteiger partial charge in [0.1, 0.15) is 5.75 Å². The average Bonchev–Trinajstić information content (AvgIpc) is 3.09. The number of ether oxygens (including phenoxy) is 2. The molecule has 4 rings (SSSR count). The molecule has 0 aromatic heterocycles. The third-order valence-electron chi connectivity index (χ3n) is 4.85. The molecule has 0 saturated carbocycles. The molecule has 1 amide bonds. The number of sulfone groups is 1. The Bertz CT molecular complexity index is 999. The Labute approximate surface area is 152 Å². The average molecular weight is 373 g/mol. The maximum absolute atomic E-state index is 12.8. The number of anilines is 1. The Hall–Kier alpha value is -2.38. The van der Waals surface area contributed by atoms with Crippen molar-refractivity contribution in [2.75, 3.05) is 24.4 Å². The largest absolute Gasteiger partial charge is 0.497 e. The van der Waals surface area contributed by atoms with Crippen molar-refractivity contribution in [1.29, 1.82) is 0 Å². The van der Waals surface area contributed by atoms with Crippen LogP contribution in [-0.4, -0.2) is 33.8 Å². The molecule has 7 heteroatoms. The van der Waals surface area contributed by atoms with Gasteiger partial charge in [0, 0.05) is 23.4 Å². The van der Waals surface area contributed by atoms with Crippen LogP contribution in [0.1, 0.15) is 34.5 Å². The minimum absolute atomic E-state index is 0.0506. The molecule has 2 aromatic rings. The standard InChI is InChI=1S/C19H19NO5S/c1-3-25-17-11-26(22,23)18-8-13(5-7-15(17)18)20-10-12-4-6-14(24-2)9-16(12)19(20)21/h4-9,17H,3,10-11H2,1-2H3. The first-order valence-electron chi connectivity index (χ1n) is 8.41. The number of nitrogens with zero attached hydrogens (tertiary/aromatic N) is 1. The van der Waals surface area contributed by atoms with E-state index >= 15 is 0 Å². The zero-order valence-electron chi connectivity index (χ0n) is 14.6. The lowest BCUT2D eigenvalue weighted by Gasteiger charge is -2.17. The predicted molar refractivity (Wildman–Crippen MR) is 96.4 cm³/mol. The monoisotopic (exact) mass is 373 g/mol. The number of carbonyl (C=O) groups is 1. The van der Waals surface area contributed by atoms with Gasteiger partial charge in [-0.25, -0.2) is 8.42 Å². The van der Waals surface area contributed by atoms with Crippen LogP contribution in [0.4, 0.5) is 5.69 Å². The summed E-state index contributed by atoms with van der Waals surface area (Å²) >= 11 is 0. The van der Waals surface area contributed by atoms with E-state index in [0.717, 1.165) is 5.56 Å². The number of benzene rings is 2. The Morgan fingerprint density at radius 2 is 2.00 bits per heavy atom. The fourth-order valence-corrected chi connectivity index (χ4v) is 5.27. The second kappa shape index (κ2) is 6.10. The van der Waals surface area contributed by atoms with Gasteiger partial charge in [0.05, 0.1) is 30.4 Å². The third-order valence-corrected chi connectivity index (χ3v) is 6.62. The summed E-state index contributed by atoms with van der Waals surface area (Å²) in [5.74, 6) is 0.413. The molecule has 2 heterocycles. The number of amides is 1. The Morgan fingerprint density at radius 3 is 2.73 bits per heavy atom. The van der Waals surface area contributed by atoms with Gasteiger partial charge < -0.3 is 14.4 Å². The second-order valence-electron chi connectivity index (χ2n) is 6.36. The van der Waals surface area contributed by atoms with Crippen molar-refractivity contribution >= 4 is 21.4 Å². The van der Waals surface area contributed by atoms with Crippen molar-refractivity contribution in [2.45, 2.75) is 24.5 Å². The first kappa shape index (κ1) is 17.1. The molecule has 0 saturated heterocycles. The quantitative estimate of drug-likeness (QED) is 0.824. The summed E-state index contributed by atoms with van der Waals surface area (Å²) in [4.78, 5) is 14.6. The summed E-state index contributed by atoms with van der Waals surface area (Å²) in [6, 6.07) is 10.5. The summed E-state index contributed by atoms with van der Waals surface area (Å²) in [6.45, 7) is 2.70. The van der Waals surface area contributed by atoms with Gasteiger partial charge in [-0.3, -0.25) is 4.79 Å². The first-order valence-corrected chi connectivity index (χ1v) is 10.1. The van der Waals surface area contributed by atoms with E-state index in [1.54, 1.807) is 36.3 Å². The maximum Gasteiger partial charge on any atom is 0.259 e. The zero-order valence-corrected chi connectivity index (χ0v) is 15.4. The number of hydrogen-bond acceptors (Lipinski definition) is 5. The zero-order chi connectivity index (χ0) is 18.5. The highest BCUT2D eigenvalue weighted by molar-refractivity contribution is 7.91.